The lowest BCUT2D eigenvalue weighted by atomic mass is 9.89. The van der Waals surface area contributed by atoms with Crippen molar-refractivity contribution in [2.75, 3.05) is 34.6 Å². The number of nitrogens with zero attached hydrogens (tertiary/aromatic N) is 1. The normalized spacial score (nSPS) is 15.9. The third-order valence-electron chi connectivity index (χ3n) is 2.57. The average molecular weight is 301 g/mol. The van der Waals surface area contributed by atoms with E-state index >= 15 is 0 Å². The molecule has 7 nitrogen and oxygen atoms in total. The van der Waals surface area contributed by atoms with E-state index in [0.29, 0.717) is 10.9 Å². The van der Waals surface area contributed by atoms with E-state index in [1.54, 1.807) is 13.8 Å². The SMILES string of the molecule is CCC(C)(C)C(=O)NCOP(=O)(O)OC[15N+]([13CH3])([13CH3])[13CH3]. The van der Waals surface area contributed by atoms with Crippen LogP contribution in [0.4, 0.5) is 0 Å². The first-order valence-corrected chi connectivity index (χ1v) is 7.60. The van der Waals surface area contributed by atoms with Crippen molar-refractivity contribution >= 4 is 13.7 Å². The van der Waals surface area contributed by atoms with Gasteiger partial charge in [0.05, 0.1) is 21.1 Å². The van der Waals surface area contributed by atoms with E-state index in [1.807, 2.05) is 28.1 Å². The minimum atomic E-state index is -4.14. The number of quaternary nitrogens is 1. The van der Waals surface area contributed by atoms with Crippen LogP contribution in [0.3, 0.4) is 0 Å². The van der Waals surface area contributed by atoms with Crippen LogP contribution in [0.25, 0.3) is 0 Å². The molecule has 0 saturated carbocycles. The van der Waals surface area contributed by atoms with Gasteiger partial charge in [0.2, 0.25) is 5.91 Å². The first kappa shape index (κ1) is 18.5. The van der Waals surface area contributed by atoms with Gasteiger partial charge in [-0.25, -0.2) is 9.09 Å². The van der Waals surface area contributed by atoms with Crippen molar-refractivity contribution < 1.29 is 27.8 Å². The fourth-order valence-electron chi connectivity index (χ4n) is 0.863. The van der Waals surface area contributed by atoms with Gasteiger partial charge in [-0.15, -0.1) is 0 Å². The maximum absolute atomic E-state index is 11.7. The van der Waals surface area contributed by atoms with E-state index in [9.17, 15) is 14.3 Å². The van der Waals surface area contributed by atoms with Gasteiger partial charge in [0.1, 0.15) is 6.73 Å². The predicted molar refractivity (Wildman–Crippen MR) is 72.0 cm³/mol. The summed E-state index contributed by atoms with van der Waals surface area (Å²) in [6, 6.07) is 0. The summed E-state index contributed by atoms with van der Waals surface area (Å²) >= 11 is 0. The average Bonchev–Trinajstić information content (AvgIpc) is 2.25. The van der Waals surface area contributed by atoms with Gasteiger partial charge in [-0.1, -0.05) is 20.8 Å². The second-order valence-corrected chi connectivity index (χ2v) is 7.49. The topological polar surface area (TPSA) is 84.9 Å². The Balaban J connectivity index is 4.13. The number of hydrogen-bond donors (Lipinski definition) is 2. The first-order chi connectivity index (χ1) is 8.40. The molecule has 0 fully saturated rings. The molecular weight excluding hydrogens is 275 g/mol. The molecular formula is C11H26N2O5P+. The van der Waals surface area contributed by atoms with Crippen molar-refractivity contribution in [2.24, 2.45) is 5.41 Å². The largest absolute Gasteiger partial charge is 0.478 e. The Labute approximate surface area is 115 Å². The summed E-state index contributed by atoms with van der Waals surface area (Å²) in [7, 11) is 1.30. The van der Waals surface area contributed by atoms with Crippen LogP contribution in [0.2, 0.25) is 0 Å². The van der Waals surface area contributed by atoms with Gasteiger partial charge in [0.15, 0.2) is 6.73 Å². The Kier molecular flexibility index (Phi) is 6.65. The molecule has 0 aliphatic rings. The second kappa shape index (κ2) is 6.81. The van der Waals surface area contributed by atoms with Gasteiger partial charge >= 0.3 is 7.82 Å². The van der Waals surface area contributed by atoms with Gasteiger partial charge in [0, 0.05) is 5.41 Å². The van der Waals surface area contributed by atoms with Crippen molar-refractivity contribution in [3.8, 4) is 0 Å². The molecule has 0 aliphatic heterocycles. The van der Waals surface area contributed by atoms with E-state index in [-0.39, 0.29) is 19.4 Å². The number of phosphoric acid groups is 1. The maximum Gasteiger partial charge on any atom is 0.478 e. The van der Waals surface area contributed by atoms with Gasteiger partial charge in [-0.2, -0.15) is 0 Å². The lowest BCUT2D eigenvalue weighted by Crippen LogP contribution is -2.38. The number of amides is 1. The summed E-state index contributed by atoms with van der Waals surface area (Å²) in [6.45, 7) is 5.14. The molecule has 114 valence electrons. The van der Waals surface area contributed by atoms with Gasteiger partial charge in [-0.05, 0) is 6.42 Å². The fraction of sp³-hybridized carbons (Fsp3) is 0.909. The molecule has 2 N–H and O–H groups in total. The fourth-order valence-corrected chi connectivity index (χ4v) is 1.66. The molecule has 0 aliphatic carbocycles. The van der Waals surface area contributed by atoms with Crippen molar-refractivity contribution in [3.05, 3.63) is 0 Å². The molecule has 0 heterocycles. The Morgan fingerprint density at radius 3 is 2.26 bits per heavy atom. The zero-order valence-electron chi connectivity index (χ0n) is 12.6. The number of hydrogen-bond acceptors (Lipinski definition) is 4. The molecule has 1 unspecified atom stereocenters. The molecule has 0 aromatic rings. The van der Waals surface area contributed by atoms with Gasteiger partial charge in [0.25, 0.3) is 0 Å². The van der Waals surface area contributed by atoms with E-state index in [2.05, 4.69) is 9.84 Å². The van der Waals surface area contributed by atoms with Gasteiger partial charge < -0.3 is 14.7 Å². The lowest BCUT2D eigenvalue weighted by Gasteiger charge is -2.25. The third kappa shape index (κ3) is 8.34. The smallest absolute Gasteiger partial charge is 0.332 e. The minimum Gasteiger partial charge on any atom is -0.332 e. The molecule has 1 amide bonds. The van der Waals surface area contributed by atoms with Crippen LogP contribution < -0.4 is 5.32 Å². The quantitative estimate of drug-likeness (QED) is 0.232. The molecule has 0 aromatic carbocycles. The van der Waals surface area contributed by atoms with E-state index in [4.69, 9.17) is 4.52 Å². The predicted octanol–water partition coefficient (Wildman–Crippen LogP) is 1.29. The second-order valence-electron chi connectivity index (χ2n) is 6.03. The van der Waals surface area contributed by atoms with E-state index in [0.717, 1.165) is 0 Å². The summed E-state index contributed by atoms with van der Waals surface area (Å²) in [6.07, 6.45) is 0.660. The summed E-state index contributed by atoms with van der Waals surface area (Å²) in [5, 5.41) is 2.45. The third-order valence-corrected chi connectivity index (χ3v) is 3.46. The van der Waals surface area contributed by atoms with E-state index in [1.165, 1.54) is 0 Å². The summed E-state index contributed by atoms with van der Waals surface area (Å²) < 4.78 is 21.4. The number of rotatable bonds is 8. The lowest BCUT2D eigenvalue weighted by molar-refractivity contribution is -0.887. The van der Waals surface area contributed by atoms with Crippen molar-refractivity contribution in [2.45, 2.75) is 27.2 Å². The zero-order chi connectivity index (χ0) is 15.3. The molecule has 0 rings (SSSR count). The number of carbonyl (C=O) groups is 1. The maximum atomic E-state index is 11.7. The van der Waals surface area contributed by atoms with Crippen molar-refractivity contribution in [1.29, 1.82) is 0 Å². The number of nitrogens with one attached hydrogen (secondary N) is 1. The van der Waals surface area contributed by atoms with Crippen LogP contribution in [0, 0.1) is 5.41 Å². The highest BCUT2D eigenvalue weighted by Gasteiger charge is 2.28. The standard InChI is InChI=1S/C11H25N2O5P/c1-7-11(2,3)10(14)12-8-17-19(15,16)18-9-13(4,5)6/h7-9H2,1-6H3,(H-,12,14,15,16)/p+1/i4+1,5+1,6+1,13+1. The van der Waals surface area contributed by atoms with Crippen LogP contribution in [0.5, 0.6) is 0 Å². The van der Waals surface area contributed by atoms with Crippen molar-refractivity contribution in [3.63, 3.8) is 0 Å². The molecule has 8 heteroatoms. The highest BCUT2D eigenvalue weighted by molar-refractivity contribution is 7.47. The summed E-state index contributed by atoms with van der Waals surface area (Å²) in [5.74, 6) is -0.235. The highest BCUT2D eigenvalue weighted by Crippen LogP contribution is 2.43. The summed E-state index contributed by atoms with van der Waals surface area (Å²) in [5.41, 5.74) is -0.536. The molecule has 1 atom stereocenters. The molecule has 0 bridgehead atoms. The van der Waals surface area contributed by atoms with Crippen molar-refractivity contribution in [1.82, 2.24) is 5.32 Å². The molecule has 19 heavy (non-hydrogen) atoms. The molecule has 0 radical (unpaired) electrons. The highest BCUT2D eigenvalue weighted by atomic mass is 31.2. The van der Waals surface area contributed by atoms with Crippen LogP contribution >= 0.6 is 7.82 Å². The number of phosphoric ester groups is 1. The Morgan fingerprint density at radius 1 is 1.32 bits per heavy atom. The van der Waals surface area contributed by atoms with Crippen LogP contribution in [0.1, 0.15) is 27.2 Å². The Hall–Kier alpha value is -0.460. The first-order valence-electron chi connectivity index (χ1n) is 6.10. The van der Waals surface area contributed by atoms with Crippen LogP contribution in [0.15, 0.2) is 0 Å². The zero-order valence-corrected chi connectivity index (χ0v) is 13.5. The molecule has 0 spiro atoms. The molecule has 0 saturated heterocycles. The van der Waals surface area contributed by atoms with Crippen LogP contribution in [-0.2, 0) is 18.4 Å². The minimum absolute atomic E-state index is 0.0299. The van der Waals surface area contributed by atoms with Crippen LogP contribution in [-0.4, -0.2) is 49.9 Å². The van der Waals surface area contributed by atoms with Gasteiger partial charge in [-0.3, -0.25) is 9.32 Å². The summed E-state index contributed by atoms with van der Waals surface area (Å²) in [4.78, 5) is 21.1. The number of carbonyl (C=O) groups excluding carboxylic acids is 1. The Morgan fingerprint density at radius 2 is 1.84 bits per heavy atom. The monoisotopic (exact) mass is 301 g/mol. The molecule has 0 aromatic heterocycles. The Bertz CT molecular complexity index is 351. The van der Waals surface area contributed by atoms with E-state index < -0.39 is 13.2 Å².